The number of likely N-dealkylation sites (tertiary alicyclic amines) is 1. The van der Waals surface area contributed by atoms with Gasteiger partial charge in [-0.3, -0.25) is 9.59 Å². The molecule has 0 bridgehead atoms. The lowest BCUT2D eigenvalue weighted by molar-refractivity contribution is -0.133. The van der Waals surface area contributed by atoms with Gasteiger partial charge in [-0.15, -0.1) is 0 Å². The standard InChI is InChI=1S/C14H18N2O3/c1-19-12-6-3-2-5-11(12)9-15-13(17)10-16-8-4-7-14(16)18/h2-3,5-6H,4,7-10H2,1H3,(H,15,17). The van der Waals surface area contributed by atoms with Crippen LogP contribution >= 0.6 is 0 Å². The van der Waals surface area contributed by atoms with Crippen molar-refractivity contribution in [1.82, 2.24) is 10.2 Å². The van der Waals surface area contributed by atoms with Crippen molar-refractivity contribution in [3.05, 3.63) is 29.8 Å². The summed E-state index contributed by atoms with van der Waals surface area (Å²) in [4.78, 5) is 24.8. The molecule has 5 heteroatoms. The van der Waals surface area contributed by atoms with Crippen LogP contribution in [-0.4, -0.2) is 36.9 Å². The zero-order chi connectivity index (χ0) is 13.7. The minimum absolute atomic E-state index is 0.0624. The molecule has 1 aromatic carbocycles. The van der Waals surface area contributed by atoms with E-state index in [1.54, 1.807) is 12.0 Å². The lowest BCUT2D eigenvalue weighted by atomic mass is 10.2. The normalized spacial score (nSPS) is 14.6. The molecule has 2 rings (SSSR count). The number of hydrogen-bond acceptors (Lipinski definition) is 3. The van der Waals surface area contributed by atoms with Crippen molar-refractivity contribution in [2.75, 3.05) is 20.2 Å². The smallest absolute Gasteiger partial charge is 0.239 e. The fraction of sp³-hybridized carbons (Fsp3) is 0.429. The lowest BCUT2D eigenvalue weighted by Gasteiger charge is -2.15. The molecule has 0 aromatic heterocycles. The van der Waals surface area contributed by atoms with Crippen molar-refractivity contribution in [3.8, 4) is 5.75 Å². The zero-order valence-corrected chi connectivity index (χ0v) is 11.0. The van der Waals surface area contributed by atoms with Crippen LogP contribution in [-0.2, 0) is 16.1 Å². The van der Waals surface area contributed by atoms with Crippen molar-refractivity contribution in [2.45, 2.75) is 19.4 Å². The molecule has 1 aliphatic heterocycles. The van der Waals surface area contributed by atoms with Gasteiger partial charge in [0.2, 0.25) is 11.8 Å². The maximum atomic E-state index is 11.8. The molecule has 0 unspecified atom stereocenters. The second-order valence-electron chi connectivity index (χ2n) is 4.51. The molecule has 19 heavy (non-hydrogen) atoms. The van der Waals surface area contributed by atoms with Gasteiger partial charge in [0.1, 0.15) is 5.75 Å². The van der Waals surface area contributed by atoms with E-state index in [4.69, 9.17) is 4.74 Å². The molecule has 1 saturated heterocycles. The van der Waals surface area contributed by atoms with Gasteiger partial charge >= 0.3 is 0 Å². The summed E-state index contributed by atoms with van der Waals surface area (Å²) in [6.45, 7) is 1.24. The Morgan fingerprint density at radius 3 is 2.89 bits per heavy atom. The van der Waals surface area contributed by atoms with Crippen LogP contribution in [0.1, 0.15) is 18.4 Å². The van der Waals surface area contributed by atoms with Gasteiger partial charge in [0.15, 0.2) is 0 Å². The predicted molar refractivity (Wildman–Crippen MR) is 70.7 cm³/mol. The van der Waals surface area contributed by atoms with E-state index in [0.29, 0.717) is 19.5 Å². The molecule has 0 radical (unpaired) electrons. The SMILES string of the molecule is COc1ccccc1CNC(=O)CN1CCCC1=O. The van der Waals surface area contributed by atoms with Gasteiger partial charge in [0, 0.05) is 25.1 Å². The molecule has 0 aliphatic carbocycles. The van der Waals surface area contributed by atoms with Crippen LogP contribution in [0.2, 0.25) is 0 Å². The number of methoxy groups -OCH3 is 1. The Kier molecular flexibility index (Phi) is 4.39. The Balaban J connectivity index is 1.84. The molecule has 1 heterocycles. The molecule has 0 spiro atoms. The molecule has 1 fully saturated rings. The quantitative estimate of drug-likeness (QED) is 0.859. The number of carbonyl (C=O) groups excluding carboxylic acids is 2. The monoisotopic (exact) mass is 262 g/mol. The highest BCUT2D eigenvalue weighted by Gasteiger charge is 2.22. The summed E-state index contributed by atoms with van der Waals surface area (Å²) < 4.78 is 5.21. The van der Waals surface area contributed by atoms with Gasteiger partial charge in [-0.25, -0.2) is 0 Å². The van der Waals surface area contributed by atoms with E-state index in [1.165, 1.54) is 0 Å². The summed E-state index contributed by atoms with van der Waals surface area (Å²) in [5.41, 5.74) is 0.922. The first-order valence-corrected chi connectivity index (χ1v) is 6.37. The van der Waals surface area contributed by atoms with E-state index in [2.05, 4.69) is 5.32 Å². The number of para-hydroxylation sites is 1. The summed E-state index contributed by atoms with van der Waals surface area (Å²) in [5, 5.41) is 2.81. The first kappa shape index (κ1) is 13.4. The van der Waals surface area contributed by atoms with Crippen LogP contribution < -0.4 is 10.1 Å². The fourth-order valence-corrected chi connectivity index (χ4v) is 2.14. The molecule has 5 nitrogen and oxygen atoms in total. The Bertz CT molecular complexity index is 474. The third-order valence-corrected chi connectivity index (χ3v) is 3.17. The number of hydrogen-bond donors (Lipinski definition) is 1. The number of ether oxygens (including phenoxy) is 1. The average Bonchev–Trinajstić information content (AvgIpc) is 2.82. The second kappa shape index (κ2) is 6.22. The number of amides is 2. The molecular formula is C14H18N2O3. The molecular weight excluding hydrogens is 244 g/mol. The van der Waals surface area contributed by atoms with Gasteiger partial charge in [0.05, 0.1) is 13.7 Å². The van der Waals surface area contributed by atoms with Crippen LogP contribution in [0, 0.1) is 0 Å². The Morgan fingerprint density at radius 1 is 1.42 bits per heavy atom. The third kappa shape index (κ3) is 3.47. The minimum atomic E-state index is -0.138. The van der Waals surface area contributed by atoms with E-state index in [1.807, 2.05) is 24.3 Å². The molecule has 102 valence electrons. The van der Waals surface area contributed by atoms with Crippen LogP contribution in [0.5, 0.6) is 5.75 Å². The van der Waals surface area contributed by atoms with E-state index in [-0.39, 0.29) is 18.4 Å². The van der Waals surface area contributed by atoms with Gasteiger partial charge in [0.25, 0.3) is 0 Å². The third-order valence-electron chi connectivity index (χ3n) is 3.17. The zero-order valence-electron chi connectivity index (χ0n) is 11.0. The summed E-state index contributed by atoms with van der Waals surface area (Å²) in [7, 11) is 1.60. The van der Waals surface area contributed by atoms with Crippen molar-refractivity contribution in [1.29, 1.82) is 0 Å². The number of rotatable bonds is 5. The lowest BCUT2D eigenvalue weighted by Crippen LogP contribution is -2.37. The molecule has 2 amide bonds. The van der Waals surface area contributed by atoms with Gasteiger partial charge in [-0.2, -0.15) is 0 Å². The Hall–Kier alpha value is -2.04. The van der Waals surface area contributed by atoms with E-state index < -0.39 is 0 Å². The number of carbonyl (C=O) groups is 2. The number of nitrogens with one attached hydrogen (secondary N) is 1. The van der Waals surface area contributed by atoms with Crippen molar-refractivity contribution >= 4 is 11.8 Å². The Labute approximate surface area is 112 Å². The number of nitrogens with zero attached hydrogens (tertiary/aromatic N) is 1. The van der Waals surface area contributed by atoms with E-state index in [0.717, 1.165) is 17.7 Å². The molecule has 0 atom stereocenters. The second-order valence-corrected chi connectivity index (χ2v) is 4.51. The van der Waals surface area contributed by atoms with E-state index >= 15 is 0 Å². The Morgan fingerprint density at radius 2 is 2.21 bits per heavy atom. The fourth-order valence-electron chi connectivity index (χ4n) is 2.14. The van der Waals surface area contributed by atoms with Crippen molar-refractivity contribution in [3.63, 3.8) is 0 Å². The maximum Gasteiger partial charge on any atom is 0.239 e. The van der Waals surface area contributed by atoms with Crippen LogP contribution in [0.25, 0.3) is 0 Å². The van der Waals surface area contributed by atoms with Gasteiger partial charge in [-0.05, 0) is 12.5 Å². The summed E-state index contributed by atoms with van der Waals surface area (Å²) in [5.74, 6) is 0.675. The maximum absolute atomic E-state index is 11.8. The van der Waals surface area contributed by atoms with Crippen molar-refractivity contribution in [2.24, 2.45) is 0 Å². The predicted octanol–water partition coefficient (Wildman–Crippen LogP) is 0.934. The molecule has 0 saturated carbocycles. The summed E-state index contributed by atoms with van der Waals surface area (Å²) in [6, 6.07) is 7.53. The van der Waals surface area contributed by atoms with E-state index in [9.17, 15) is 9.59 Å². The molecule has 1 aromatic rings. The minimum Gasteiger partial charge on any atom is -0.496 e. The highest BCUT2D eigenvalue weighted by molar-refractivity contribution is 5.85. The number of benzene rings is 1. The van der Waals surface area contributed by atoms with Crippen LogP contribution in [0.3, 0.4) is 0 Å². The highest BCUT2D eigenvalue weighted by Crippen LogP contribution is 2.16. The largest absolute Gasteiger partial charge is 0.496 e. The average molecular weight is 262 g/mol. The topological polar surface area (TPSA) is 58.6 Å². The summed E-state index contributed by atoms with van der Waals surface area (Å²) >= 11 is 0. The summed E-state index contributed by atoms with van der Waals surface area (Å²) in [6.07, 6.45) is 1.40. The van der Waals surface area contributed by atoms with Crippen LogP contribution in [0.15, 0.2) is 24.3 Å². The highest BCUT2D eigenvalue weighted by atomic mass is 16.5. The first-order valence-electron chi connectivity index (χ1n) is 6.37. The first-order chi connectivity index (χ1) is 9.20. The molecule has 1 N–H and O–H groups in total. The van der Waals surface area contributed by atoms with Crippen LogP contribution in [0.4, 0.5) is 0 Å². The van der Waals surface area contributed by atoms with Gasteiger partial charge < -0.3 is 15.0 Å². The molecule has 1 aliphatic rings. The van der Waals surface area contributed by atoms with Crippen molar-refractivity contribution < 1.29 is 14.3 Å². The van der Waals surface area contributed by atoms with Gasteiger partial charge in [-0.1, -0.05) is 18.2 Å².